The average molecular weight is 256 g/mol. The van der Waals surface area contributed by atoms with E-state index in [4.69, 9.17) is 16.7 Å². The van der Waals surface area contributed by atoms with Crippen LogP contribution in [0.15, 0.2) is 30.9 Å². The van der Waals surface area contributed by atoms with Crippen LogP contribution in [0.2, 0.25) is 5.02 Å². The van der Waals surface area contributed by atoms with Gasteiger partial charge < -0.3 is 9.84 Å². The van der Waals surface area contributed by atoms with E-state index < -0.39 is 12.1 Å². The second-order valence-corrected chi connectivity index (χ2v) is 3.42. The van der Waals surface area contributed by atoms with E-state index in [0.29, 0.717) is 5.69 Å². The number of carbonyl (C=O) groups is 2. The summed E-state index contributed by atoms with van der Waals surface area (Å²) < 4.78 is 4.68. The third-order valence-corrected chi connectivity index (χ3v) is 2.11. The molecule has 0 heterocycles. The molecule has 2 N–H and O–H groups in total. The molecule has 5 nitrogen and oxygen atoms in total. The monoisotopic (exact) mass is 255 g/mol. The molecule has 0 aliphatic heterocycles. The standard InChI is InChI=1S/C11H10ClNO4/c1-2-5-17-11(16)13-7-3-4-9(12)8(6-7)10(14)15/h2-4,6H,1,5H2,(H,13,16)(H,14,15). The maximum Gasteiger partial charge on any atom is 0.411 e. The molecular weight excluding hydrogens is 246 g/mol. The lowest BCUT2D eigenvalue weighted by atomic mass is 10.2. The van der Waals surface area contributed by atoms with E-state index in [2.05, 4.69) is 16.6 Å². The third kappa shape index (κ3) is 3.81. The molecule has 90 valence electrons. The molecule has 0 radical (unpaired) electrons. The number of benzene rings is 1. The van der Waals surface area contributed by atoms with Crippen LogP contribution in [-0.4, -0.2) is 23.8 Å². The summed E-state index contributed by atoms with van der Waals surface area (Å²) in [4.78, 5) is 22.0. The fourth-order valence-electron chi connectivity index (χ4n) is 1.06. The van der Waals surface area contributed by atoms with Gasteiger partial charge in [-0.15, -0.1) is 0 Å². The van der Waals surface area contributed by atoms with Gasteiger partial charge in [0.2, 0.25) is 0 Å². The van der Waals surface area contributed by atoms with Crippen molar-refractivity contribution in [2.24, 2.45) is 0 Å². The molecule has 0 spiro atoms. The predicted octanol–water partition coefficient (Wildman–Crippen LogP) is 2.77. The summed E-state index contributed by atoms with van der Waals surface area (Å²) in [5.74, 6) is -1.17. The van der Waals surface area contributed by atoms with Crippen molar-refractivity contribution in [3.8, 4) is 0 Å². The number of hydrogen-bond acceptors (Lipinski definition) is 3. The highest BCUT2D eigenvalue weighted by atomic mass is 35.5. The number of aromatic carboxylic acids is 1. The molecule has 0 saturated carbocycles. The molecule has 0 aliphatic carbocycles. The van der Waals surface area contributed by atoms with E-state index in [1.807, 2.05) is 0 Å². The topological polar surface area (TPSA) is 75.6 Å². The number of ether oxygens (including phenoxy) is 1. The number of nitrogens with one attached hydrogen (secondary N) is 1. The Balaban J connectivity index is 2.79. The van der Waals surface area contributed by atoms with Gasteiger partial charge in [-0.1, -0.05) is 24.3 Å². The van der Waals surface area contributed by atoms with Crippen molar-refractivity contribution in [1.29, 1.82) is 0 Å². The average Bonchev–Trinajstić information content (AvgIpc) is 2.28. The Hall–Kier alpha value is -2.01. The van der Waals surface area contributed by atoms with Crippen LogP contribution >= 0.6 is 11.6 Å². The highest BCUT2D eigenvalue weighted by molar-refractivity contribution is 6.33. The molecule has 0 saturated heterocycles. The van der Waals surface area contributed by atoms with Crippen LogP contribution in [0, 0.1) is 0 Å². The van der Waals surface area contributed by atoms with E-state index in [0.717, 1.165) is 0 Å². The number of halogens is 1. The molecule has 0 unspecified atom stereocenters. The number of amides is 1. The Kier molecular flexibility index (Phi) is 4.54. The SMILES string of the molecule is C=CCOC(=O)Nc1ccc(Cl)c(C(=O)O)c1. The Labute approximate surface area is 103 Å². The van der Waals surface area contributed by atoms with Gasteiger partial charge >= 0.3 is 12.1 Å². The first-order valence-corrected chi connectivity index (χ1v) is 5.00. The summed E-state index contributed by atoms with van der Waals surface area (Å²) in [6.45, 7) is 3.46. The summed E-state index contributed by atoms with van der Waals surface area (Å²) in [7, 11) is 0. The largest absolute Gasteiger partial charge is 0.478 e. The van der Waals surface area contributed by atoms with Gasteiger partial charge in [0.15, 0.2) is 0 Å². The van der Waals surface area contributed by atoms with Gasteiger partial charge in [0.25, 0.3) is 0 Å². The third-order valence-electron chi connectivity index (χ3n) is 1.78. The normalized spacial score (nSPS) is 9.47. The lowest BCUT2D eigenvalue weighted by molar-refractivity contribution is 0.0697. The Morgan fingerprint density at radius 3 is 2.82 bits per heavy atom. The van der Waals surface area contributed by atoms with Crippen LogP contribution in [-0.2, 0) is 4.74 Å². The Morgan fingerprint density at radius 1 is 1.53 bits per heavy atom. The van der Waals surface area contributed by atoms with E-state index >= 15 is 0 Å². The summed E-state index contributed by atoms with van der Waals surface area (Å²) in [6.07, 6.45) is 0.730. The molecule has 0 aromatic heterocycles. The molecule has 0 atom stereocenters. The van der Waals surface area contributed by atoms with Crippen LogP contribution in [0.25, 0.3) is 0 Å². The van der Waals surface area contributed by atoms with Gasteiger partial charge in [0.05, 0.1) is 10.6 Å². The van der Waals surface area contributed by atoms with Crippen molar-refractivity contribution in [2.45, 2.75) is 0 Å². The quantitative estimate of drug-likeness (QED) is 0.811. The molecule has 0 fully saturated rings. The smallest absolute Gasteiger partial charge is 0.411 e. The molecule has 1 amide bonds. The van der Waals surface area contributed by atoms with Gasteiger partial charge in [-0.3, -0.25) is 5.32 Å². The molecule has 6 heteroatoms. The molecular formula is C11H10ClNO4. The van der Waals surface area contributed by atoms with E-state index in [1.165, 1.54) is 24.3 Å². The predicted molar refractivity (Wildman–Crippen MR) is 63.6 cm³/mol. The number of carboxylic acid groups (broad SMARTS) is 1. The van der Waals surface area contributed by atoms with Crippen molar-refractivity contribution >= 4 is 29.4 Å². The van der Waals surface area contributed by atoms with E-state index in [1.54, 1.807) is 0 Å². The van der Waals surface area contributed by atoms with Crippen molar-refractivity contribution in [2.75, 3.05) is 11.9 Å². The van der Waals surface area contributed by atoms with Crippen LogP contribution in [0.3, 0.4) is 0 Å². The number of rotatable bonds is 4. The van der Waals surface area contributed by atoms with Crippen molar-refractivity contribution in [1.82, 2.24) is 0 Å². The zero-order valence-electron chi connectivity index (χ0n) is 8.77. The number of hydrogen-bond donors (Lipinski definition) is 2. The molecule has 1 rings (SSSR count). The maximum absolute atomic E-state index is 11.2. The van der Waals surface area contributed by atoms with Crippen LogP contribution < -0.4 is 5.32 Å². The number of carbonyl (C=O) groups excluding carboxylic acids is 1. The van der Waals surface area contributed by atoms with E-state index in [9.17, 15) is 9.59 Å². The zero-order chi connectivity index (χ0) is 12.8. The summed E-state index contributed by atoms with van der Waals surface area (Å²) >= 11 is 5.67. The maximum atomic E-state index is 11.2. The van der Waals surface area contributed by atoms with Gasteiger partial charge in [0.1, 0.15) is 6.61 Å². The van der Waals surface area contributed by atoms with Crippen LogP contribution in [0.5, 0.6) is 0 Å². The first kappa shape index (κ1) is 13.1. The lowest BCUT2D eigenvalue weighted by Crippen LogP contribution is -2.14. The highest BCUT2D eigenvalue weighted by Crippen LogP contribution is 2.20. The number of carboxylic acids is 1. The molecule has 0 bridgehead atoms. The molecule has 0 aliphatic rings. The fourth-order valence-corrected chi connectivity index (χ4v) is 1.25. The fraction of sp³-hybridized carbons (Fsp3) is 0.0909. The summed E-state index contributed by atoms with van der Waals surface area (Å²) in [6, 6.07) is 4.11. The first-order chi connectivity index (χ1) is 8.04. The summed E-state index contributed by atoms with van der Waals surface area (Å²) in [5.41, 5.74) is 0.203. The lowest BCUT2D eigenvalue weighted by Gasteiger charge is -2.06. The minimum Gasteiger partial charge on any atom is -0.478 e. The first-order valence-electron chi connectivity index (χ1n) is 4.62. The second kappa shape index (κ2) is 5.91. The van der Waals surface area contributed by atoms with Crippen LogP contribution in [0.1, 0.15) is 10.4 Å². The second-order valence-electron chi connectivity index (χ2n) is 3.01. The Bertz CT molecular complexity index is 459. The van der Waals surface area contributed by atoms with Gasteiger partial charge in [-0.25, -0.2) is 9.59 Å². The van der Waals surface area contributed by atoms with Gasteiger partial charge in [-0.05, 0) is 18.2 Å². The molecule has 1 aromatic carbocycles. The molecule has 1 aromatic rings. The Morgan fingerprint density at radius 2 is 2.24 bits per heavy atom. The van der Waals surface area contributed by atoms with E-state index in [-0.39, 0.29) is 17.2 Å². The minimum absolute atomic E-state index is 0.0746. The summed E-state index contributed by atoms with van der Waals surface area (Å²) in [5, 5.41) is 11.3. The van der Waals surface area contributed by atoms with Crippen LogP contribution in [0.4, 0.5) is 10.5 Å². The molecule has 17 heavy (non-hydrogen) atoms. The van der Waals surface area contributed by atoms with Crippen molar-refractivity contribution < 1.29 is 19.4 Å². The van der Waals surface area contributed by atoms with Crippen molar-refractivity contribution in [3.05, 3.63) is 41.4 Å². The van der Waals surface area contributed by atoms with Gasteiger partial charge in [-0.2, -0.15) is 0 Å². The minimum atomic E-state index is -1.17. The van der Waals surface area contributed by atoms with Crippen molar-refractivity contribution in [3.63, 3.8) is 0 Å². The zero-order valence-corrected chi connectivity index (χ0v) is 9.53. The highest BCUT2D eigenvalue weighted by Gasteiger charge is 2.10. The number of anilines is 1. The van der Waals surface area contributed by atoms with Gasteiger partial charge in [0, 0.05) is 5.69 Å².